The zero-order valence-electron chi connectivity index (χ0n) is 12.4. The van der Waals surface area contributed by atoms with E-state index in [1.807, 2.05) is 19.1 Å². The van der Waals surface area contributed by atoms with Crippen molar-refractivity contribution < 1.29 is 4.74 Å². The van der Waals surface area contributed by atoms with Crippen LogP contribution in [0.3, 0.4) is 0 Å². The van der Waals surface area contributed by atoms with Gasteiger partial charge in [-0.2, -0.15) is 0 Å². The van der Waals surface area contributed by atoms with E-state index in [1.165, 1.54) is 5.56 Å². The van der Waals surface area contributed by atoms with Crippen molar-refractivity contribution in [1.82, 2.24) is 5.32 Å². The highest BCUT2D eigenvalue weighted by Crippen LogP contribution is 2.18. The van der Waals surface area contributed by atoms with Gasteiger partial charge in [0.05, 0.1) is 6.61 Å². The Morgan fingerprint density at radius 2 is 1.67 bits per heavy atom. The molecular weight excluding hydrogens is 222 g/mol. The van der Waals surface area contributed by atoms with Crippen LogP contribution < -0.4 is 10.1 Å². The van der Waals surface area contributed by atoms with Crippen LogP contribution in [-0.4, -0.2) is 13.2 Å². The Morgan fingerprint density at radius 3 is 2.17 bits per heavy atom. The van der Waals surface area contributed by atoms with Gasteiger partial charge in [0.1, 0.15) is 5.75 Å². The number of nitrogens with one attached hydrogen (secondary N) is 1. The molecule has 0 aromatic heterocycles. The zero-order valence-corrected chi connectivity index (χ0v) is 12.4. The number of hydrogen-bond acceptors (Lipinski definition) is 2. The molecule has 0 saturated carbocycles. The van der Waals surface area contributed by atoms with E-state index in [-0.39, 0.29) is 0 Å². The van der Waals surface area contributed by atoms with Crippen LogP contribution in [0.4, 0.5) is 0 Å². The lowest BCUT2D eigenvalue weighted by Gasteiger charge is -2.20. The maximum atomic E-state index is 5.45. The molecule has 102 valence electrons. The second-order valence-corrected chi connectivity index (χ2v) is 5.35. The van der Waals surface area contributed by atoms with E-state index in [0.29, 0.717) is 12.0 Å². The van der Waals surface area contributed by atoms with E-state index >= 15 is 0 Å². The third-order valence-corrected chi connectivity index (χ3v) is 3.58. The van der Waals surface area contributed by atoms with Crippen molar-refractivity contribution in [3.05, 3.63) is 29.8 Å². The standard InChI is InChI=1S/C16H27NO/c1-6-18-16-9-7-15(8-10-16)14(5)17-11-13(4)12(2)3/h7-10,12-14,17H,6,11H2,1-5H3. The molecule has 0 radical (unpaired) electrons. The molecule has 0 aliphatic heterocycles. The van der Waals surface area contributed by atoms with Gasteiger partial charge in [-0.3, -0.25) is 0 Å². The van der Waals surface area contributed by atoms with Crippen molar-refractivity contribution in [2.75, 3.05) is 13.2 Å². The maximum absolute atomic E-state index is 5.45. The summed E-state index contributed by atoms with van der Waals surface area (Å²) < 4.78 is 5.45. The average Bonchev–Trinajstić information content (AvgIpc) is 2.36. The number of hydrogen-bond donors (Lipinski definition) is 1. The summed E-state index contributed by atoms with van der Waals surface area (Å²) in [6, 6.07) is 8.76. The molecule has 2 heteroatoms. The van der Waals surface area contributed by atoms with Crippen LogP contribution in [-0.2, 0) is 0 Å². The first-order chi connectivity index (χ1) is 8.54. The third kappa shape index (κ3) is 4.69. The highest BCUT2D eigenvalue weighted by molar-refractivity contribution is 5.28. The molecule has 2 nitrogen and oxygen atoms in total. The van der Waals surface area contributed by atoms with Crippen LogP contribution in [0.15, 0.2) is 24.3 Å². The van der Waals surface area contributed by atoms with Gasteiger partial charge in [0.15, 0.2) is 0 Å². The van der Waals surface area contributed by atoms with Crippen molar-refractivity contribution in [2.24, 2.45) is 11.8 Å². The summed E-state index contributed by atoms with van der Waals surface area (Å²) in [5.41, 5.74) is 1.31. The van der Waals surface area contributed by atoms with Crippen LogP contribution in [0.25, 0.3) is 0 Å². The normalized spacial score (nSPS) is 14.6. The van der Waals surface area contributed by atoms with E-state index in [2.05, 4.69) is 45.1 Å². The fraction of sp³-hybridized carbons (Fsp3) is 0.625. The summed E-state index contributed by atoms with van der Waals surface area (Å²) in [4.78, 5) is 0. The monoisotopic (exact) mass is 249 g/mol. The van der Waals surface area contributed by atoms with Gasteiger partial charge in [-0.05, 0) is 49.9 Å². The first-order valence-electron chi connectivity index (χ1n) is 7.00. The van der Waals surface area contributed by atoms with Gasteiger partial charge in [-0.15, -0.1) is 0 Å². The fourth-order valence-corrected chi connectivity index (χ4v) is 1.74. The number of benzene rings is 1. The molecule has 1 aromatic carbocycles. The van der Waals surface area contributed by atoms with Crippen molar-refractivity contribution >= 4 is 0 Å². The summed E-state index contributed by atoms with van der Waals surface area (Å²) in [5.74, 6) is 2.38. The van der Waals surface area contributed by atoms with Crippen LogP contribution >= 0.6 is 0 Å². The minimum Gasteiger partial charge on any atom is -0.494 e. The minimum atomic E-state index is 0.391. The lowest BCUT2D eigenvalue weighted by atomic mass is 9.97. The Labute approximate surface area is 112 Å². The minimum absolute atomic E-state index is 0.391. The van der Waals surface area contributed by atoms with Crippen molar-refractivity contribution in [1.29, 1.82) is 0 Å². The van der Waals surface area contributed by atoms with Gasteiger partial charge in [0.2, 0.25) is 0 Å². The fourth-order valence-electron chi connectivity index (χ4n) is 1.74. The maximum Gasteiger partial charge on any atom is 0.119 e. The van der Waals surface area contributed by atoms with E-state index < -0.39 is 0 Å². The Morgan fingerprint density at radius 1 is 1.06 bits per heavy atom. The predicted octanol–water partition coefficient (Wildman–Crippen LogP) is 4.03. The van der Waals surface area contributed by atoms with Gasteiger partial charge in [-0.1, -0.05) is 32.9 Å². The molecule has 0 bridgehead atoms. The summed E-state index contributed by atoms with van der Waals surface area (Å²) in [5, 5.41) is 3.59. The molecule has 0 aliphatic rings. The van der Waals surface area contributed by atoms with Gasteiger partial charge in [-0.25, -0.2) is 0 Å². The van der Waals surface area contributed by atoms with E-state index in [4.69, 9.17) is 4.74 Å². The average molecular weight is 249 g/mol. The van der Waals surface area contributed by atoms with Crippen molar-refractivity contribution in [3.63, 3.8) is 0 Å². The molecule has 2 unspecified atom stereocenters. The Balaban J connectivity index is 2.48. The summed E-state index contributed by atoms with van der Waals surface area (Å²) in [6.07, 6.45) is 0. The van der Waals surface area contributed by atoms with Crippen molar-refractivity contribution in [2.45, 2.75) is 40.7 Å². The number of ether oxygens (including phenoxy) is 1. The van der Waals surface area contributed by atoms with Crippen LogP contribution in [0.2, 0.25) is 0 Å². The molecule has 0 fully saturated rings. The molecule has 0 spiro atoms. The largest absolute Gasteiger partial charge is 0.494 e. The molecule has 0 amide bonds. The molecule has 2 atom stereocenters. The Hall–Kier alpha value is -1.02. The highest BCUT2D eigenvalue weighted by atomic mass is 16.5. The molecular formula is C16H27NO. The first kappa shape index (κ1) is 15.0. The molecule has 0 aliphatic carbocycles. The smallest absolute Gasteiger partial charge is 0.119 e. The van der Waals surface area contributed by atoms with E-state index in [9.17, 15) is 0 Å². The van der Waals surface area contributed by atoms with Crippen LogP contribution in [0.1, 0.15) is 46.2 Å². The topological polar surface area (TPSA) is 21.3 Å². The highest BCUT2D eigenvalue weighted by Gasteiger charge is 2.10. The third-order valence-electron chi connectivity index (χ3n) is 3.58. The van der Waals surface area contributed by atoms with Gasteiger partial charge in [0.25, 0.3) is 0 Å². The van der Waals surface area contributed by atoms with Gasteiger partial charge >= 0.3 is 0 Å². The molecule has 1 aromatic rings. The second-order valence-electron chi connectivity index (χ2n) is 5.35. The zero-order chi connectivity index (χ0) is 13.5. The van der Waals surface area contributed by atoms with Crippen LogP contribution in [0.5, 0.6) is 5.75 Å². The summed E-state index contributed by atoms with van der Waals surface area (Å²) in [7, 11) is 0. The summed E-state index contributed by atoms with van der Waals surface area (Å²) in [6.45, 7) is 12.8. The SMILES string of the molecule is CCOc1ccc(C(C)NCC(C)C(C)C)cc1. The number of rotatable bonds is 7. The Kier molecular flexibility index (Phi) is 6.20. The predicted molar refractivity (Wildman–Crippen MR) is 78.0 cm³/mol. The van der Waals surface area contributed by atoms with Gasteiger partial charge < -0.3 is 10.1 Å². The molecule has 18 heavy (non-hydrogen) atoms. The molecule has 0 heterocycles. The second kappa shape index (κ2) is 7.42. The van der Waals surface area contributed by atoms with Crippen LogP contribution in [0, 0.1) is 11.8 Å². The van der Waals surface area contributed by atoms with Crippen molar-refractivity contribution in [3.8, 4) is 5.75 Å². The summed E-state index contributed by atoms with van der Waals surface area (Å²) >= 11 is 0. The Bertz CT molecular complexity index is 331. The van der Waals surface area contributed by atoms with Gasteiger partial charge in [0, 0.05) is 6.04 Å². The van der Waals surface area contributed by atoms with E-state index in [0.717, 1.165) is 24.8 Å². The lowest BCUT2D eigenvalue weighted by Crippen LogP contribution is -2.26. The molecule has 1 N–H and O–H groups in total. The first-order valence-corrected chi connectivity index (χ1v) is 7.00. The quantitative estimate of drug-likeness (QED) is 0.788. The molecule has 1 rings (SSSR count). The lowest BCUT2D eigenvalue weighted by molar-refractivity contribution is 0.340. The van der Waals surface area contributed by atoms with E-state index in [1.54, 1.807) is 0 Å². The molecule has 0 saturated heterocycles.